The lowest BCUT2D eigenvalue weighted by atomic mass is 10.0. The predicted molar refractivity (Wildman–Crippen MR) is 82.0 cm³/mol. The number of hydrogen-bond donors (Lipinski definition) is 1. The second-order valence-corrected chi connectivity index (χ2v) is 6.30. The van der Waals surface area contributed by atoms with Crippen LogP contribution in [0.4, 0.5) is 5.69 Å². The Hall–Kier alpha value is -0.700. The summed E-state index contributed by atoms with van der Waals surface area (Å²) >= 11 is 13.7. The molecule has 0 aliphatic carbocycles. The van der Waals surface area contributed by atoms with Crippen LogP contribution < -0.4 is 5.32 Å². The normalized spacial score (nSPS) is 12.7. The van der Waals surface area contributed by atoms with Gasteiger partial charge < -0.3 is 5.32 Å². The summed E-state index contributed by atoms with van der Waals surface area (Å²) < 4.78 is 0. The van der Waals surface area contributed by atoms with Crippen molar-refractivity contribution in [3.63, 3.8) is 0 Å². The summed E-state index contributed by atoms with van der Waals surface area (Å²) in [7, 11) is 0. The van der Waals surface area contributed by atoms with Gasteiger partial charge in [0.2, 0.25) is 0 Å². The molecule has 1 atom stereocenters. The van der Waals surface area contributed by atoms with Crippen molar-refractivity contribution in [2.45, 2.75) is 19.9 Å². The molecule has 0 bridgehead atoms. The maximum absolute atomic E-state index is 6.03. The zero-order valence-corrected chi connectivity index (χ0v) is 12.6. The SMILES string of the molecule is CC(C)C(Nc1ccc(Cl)c(Cl)c1)c1cccs1. The van der Waals surface area contributed by atoms with Crippen molar-refractivity contribution in [2.75, 3.05) is 5.32 Å². The van der Waals surface area contributed by atoms with Crippen molar-refractivity contribution >= 4 is 40.2 Å². The highest BCUT2D eigenvalue weighted by atomic mass is 35.5. The van der Waals surface area contributed by atoms with E-state index in [-0.39, 0.29) is 0 Å². The molecule has 18 heavy (non-hydrogen) atoms. The standard InChI is InChI=1S/C14H15Cl2NS/c1-9(2)14(13-4-3-7-18-13)17-10-5-6-11(15)12(16)8-10/h3-9,14,17H,1-2H3. The fourth-order valence-corrected chi connectivity index (χ4v) is 3.05. The van der Waals surface area contributed by atoms with Gasteiger partial charge in [-0.2, -0.15) is 0 Å². The number of hydrogen-bond acceptors (Lipinski definition) is 2. The molecule has 2 aromatic rings. The Morgan fingerprint density at radius 2 is 1.89 bits per heavy atom. The van der Waals surface area contributed by atoms with E-state index in [4.69, 9.17) is 23.2 Å². The highest BCUT2D eigenvalue weighted by Gasteiger charge is 2.16. The molecule has 0 spiro atoms. The van der Waals surface area contributed by atoms with Gasteiger partial charge >= 0.3 is 0 Å². The molecular weight excluding hydrogens is 285 g/mol. The molecule has 0 saturated heterocycles. The number of rotatable bonds is 4. The van der Waals surface area contributed by atoms with Crippen molar-refractivity contribution in [3.8, 4) is 0 Å². The average molecular weight is 300 g/mol. The smallest absolute Gasteiger partial charge is 0.0629 e. The zero-order valence-electron chi connectivity index (χ0n) is 10.3. The van der Waals surface area contributed by atoms with Crippen molar-refractivity contribution in [1.29, 1.82) is 0 Å². The van der Waals surface area contributed by atoms with E-state index in [0.717, 1.165) is 5.69 Å². The lowest BCUT2D eigenvalue weighted by Gasteiger charge is -2.22. The highest BCUT2D eigenvalue weighted by Crippen LogP contribution is 2.32. The van der Waals surface area contributed by atoms with Crippen LogP contribution in [0.1, 0.15) is 24.8 Å². The Bertz CT molecular complexity index is 509. The van der Waals surface area contributed by atoms with Gasteiger partial charge in [-0.1, -0.05) is 43.1 Å². The molecule has 1 nitrogen and oxygen atoms in total. The van der Waals surface area contributed by atoms with Gasteiger partial charge in [0.1, 0.15) is 0 Å². The van der Waals surface area contributed by atoms with Crippen LogP contribution in [0.25, 0.3) is 0 Å². The van der Waals surface area contributed by atoms with Gasteiger partial charge in [0.05, 0.1) is 16.1 Å². The Morgan fingerprint density at radius 1 is 1.11 bits per heavy atom. The molecule has 1 aromatic carbocycles. The quantitative estimate of drug-likeness (QED) is 0.745. The summed E-state index contributed by atoms with van der Waals surface area (Å²) in [5.74, 6) is 0.498. The highest BCUT2D eigenvalue weighted by molar-refractivity contribution is 7.10. The van der Waals surface area contributed by atoms with Crippen LogP contribution in [0.3, 0.4) is 0 Å². The van der Waals surface area contributed by atoms with Gasteiger partial charge in [-0.25, -0.2) is 0 Å². The van der Waals surface area contributed by atoms with Crippen LogP contribution in [0.5, 0.6) is 0 Å². The number of halogens is 2. The predicted octanol–water partition coefficient (Wildman–Crippen LogP) is 5.86. The Balaban J connectivity index is 2.21. The van der Waals surface area contributed by atoms with Crippen LogP contribution >= 0.6 is 34.5 Å². The van der Waals surface area contributed by atoms with Gasteiger partial charge in [0.25, 0.3) is 0 Å². The van der Waals surface area contributed by atoms with Crippen molar-refractivity contribution in [2.24, 2.45) is 5.92 Å². The molecule has 0 radical (unpaired) electrons. The molecule has 0 saturated carbocycles. The van der Waals surface area contributed by atoms with Gasteiger partial charge in [-0.3, -0.25) is 0 Å². The molecule has 0 fully saturated rings. The van der Waals surface area contributed by atoms with Crippen LogP contribution in [0, 0.1) is 5.92 Å². The number of thiophene rings is 1. The van der Waals surface area contributed by atoms with Crippen molar-refractivity contribution in [3.05, 3.63) is 50.6 Å². The van der Waals surface area contributed by atoms with Gasteiger partial charge in [0.15, 0.2) is 0 Å². The first kappa shape index (κ1) is 13.7. The van der Waals surface area contributed by atoms with Crippen LogP contribution in [-0.4, -0.2) is 0 Å². The van der Waals surface area contributed by atoms with E-state index in [0.29, 0.717) is 22.0 Å². The number of nitrogens with one attached hydrogen (secondary N) is 1. The summed E-state index contributed by atoms with van der Waals surface area (Å²) in [4.78, 5) is 1.33. The molecule has 0 amide bonds. The first-order valence-electron chi connectivity index (χ1n) is 5.83. The van der Waals surface area contributed by atoms with E-state index in [1.807, 2.05) is 18.2 Å². The largest absolute Gasteiger partial charge is 0.377 e. The van der Waals surface area contributed by atoms with Gasteiger partial charge in [0, 0.05) is 10.6 Å². The third-order valence-corrected chi connectivity index (χ3v) is 4.45. The second-order valence-electron chi connectivity index (χ2n) is 4.51. The van der Waals surface area contributed by atoms with Gasteiger partial charge in [-0.05, 0) is 35.6 Å². The minimum absolute atomic E-state index is 0.294. The van der Waals surface area contributed by atoms with Crippen LogP contribution in [0.15, 0.2) is 35.7 Å². The second kappa shape index (κ2) is 5.96. The molecule has 1 heterocycles. The molecule has 1 N–H and O–H groups in total. The van der Waals surface area contributed by atoms with E-state index < -0.39 is 0 Å². The van der Waals surface area contributed by atoms with E-state index in [9.17, 15) is 0 Å². The Labute approximate surface area is 122 Å². The molecular formula is C14H15Cl2NS. The lowest BCUT2D eigenvalue weighted by molar-refractivity contribution is 0.554. The van der Waals surface area contributed by atoms with E-state index in [1.54, 1.807) is 11.3 Å². The molecule has 0 aliphatic heterocycles. The lowest BCUT2D eigenvalue weighted by Crippen LogP contribution is -2.15. The summed E-state index contributed by atoms with van der Waals surface area (Å²) in [5, 5.41) is 6.78. The molecule has 0 aliphatic rings. The fraction of sp³-hybridized carbons (Fsp3) is 0.286. The summed E-state index contributed by atoms with van der Waals surface area (Å²) in [6.45, 7) is 4.41. The maximum Gasteiger partial charge on any atom is 0.0629 e. The van der Waals surface area contributed by atoms with Crippen molar-refractivity contribution in [1.82, 2.24) is 0 Å². The monoisotopic (exact) mass is 299 g/mol. The first-order chi connectivity index (χ1) is 8.58. The number of benzene rings is 1. The average Bonchev–Trinajstić information content (AvgIpc) is 2.83. The molecule has 96 valence electrons. The zero-order chi connectivity index (χ0) is 13.1. The summed E-state index contributed by atoms with van der Waals surface area (Å²) in [5.41, 5.74) is 0.997. The van der Waals surface area contributed by atoms with E-state index >= 15 is 0 Å². The number of anilines is 1. The minimum Gasteiger partial charge on any atom is -0.377 e. The van der Waals surface area contributed by atoms with Crippen LogP contribution in [-0.2, 0) is 0 Å². The molecule has 1 unspecified atom stereocenters. The Morgan fingerprint density at radius 3 is 2.44 bits per heavy atom. The summed E-state index contributed by atoms with van der Waals surface area (Å²) in [6, 6.07) is 10.2. The third kappa shape index (κ3) is 3.19. The van der Waals surface area contributed by atoms with Crippen LogP contribution in [0.2, 0.25) is 10.0 Å². The summed E-state index contributed by atoms with van der Waals surface area (Å²) in [6.07, 6.45) is 0. The maximum atomic E-state index is 6.03. The van der Waals surface area contributed by atoms with Crippen molar-refractivity contribution < 1.29 is 0 Å². The van der Waals surface area contributed by atoms with E-state index in [1.165, 1.54) is 4.88 Å². The molecule has 1 aromatic heterocycles. The molecule has 2 rings (SSSR count). The first-order valence-corrected chi connectivity index (χ1v) is 7.46. The topological polar surface area (TPSA) is 12.0 Å². The minimum atomic E-state index is 0.294. The van der Waals surface area contributed by atoms with Gasteiger partial charge in [-0.15, -0.1) is 11.3 Å². The third-order valence-electron chi connectivity index (χ3n) is 2.76. The van der Waals surface area contributed by atoms with E-state index in [2.05, 4.69) is 36.7 Å². The fourth-order valence-electron chi connectivity index (χ4n) is 1.80. The molecule has 4 heteroatoms. The Kier molecular flexibility index (Phi) is 4.55.